The monoisotopic (exact) mass is 267 g/mol. The molecule has 5 heteroatoms. The number of aromatic nitrogens is 1. The number of hydrogen-bond donors (Lipinski definition) is 1. The standard InChI is InChI=1S/C13H14ClNO3/c1-7-4-5-17-12(7)11(14)8-2-3-9-10(6-8)18-13(16)15-9/h2-3,6-7,11-12H,4-5H2,1H3,(H,15,16). The number of ether oxygens (including phenoxy) is 1. The van der Waals surface area contributed by atoms with E-state index in [1.54, 1.807) is 6.07 Å². The molecule has 1 aliphatic rings. The van der Waals surface area contributed by atoms with Gasteiger partial charge in [-0.25, -0.2) is 4.79 Å². The number of benzene rings is 1. The number of oxazole rings is 1. The van der Waals surface area contributed by atoms with Crippen LogP contribution in [0.4, 0.5) is 0 Å². The first-order valence-corrected chi connectivity index (χ1v) is 6.47. The summed E-state index contributed by atoms with van der Waals surface area (Å²) in [7, 11) is 0. The average molecular weight is 268 g/mol. The molecule has 3 rings (SSSR count). The van der Waals surface area contributed by atoms with Gasteiger partial charge < -0.3 is 9.15 Å². The number of halogens is 1. The first-order valence-electron chi connectivity index (χ1n) is 6.03. The summed E-state index contributed by atoms with van der Waals surface area (Å²) in [5, 5.41) is -0.216. The second-order valence-electron chi connectivity index (χ2n) is 4.77. The molecular weight excluding hydrogens is 254 g/mol. The topological polar surface area (TPSA) is 55.2 Å². The zero-order chi connectivity index (χ0) is 12.7. The molecule has 0 aliphatic carbocycles. The lowest BCUT2D eigenvalue weighted by Gasteiger charge is -2.20. The third-order valence-corrected chi connectivity index (χ3v) is 4.00. The molecule has 18 heavy (non-hydrogen) atoms. The molecule has 2 heterocycles. The fourth-order valence-corrected chi connectivity index (χ4v) is 2.87. The van der Waals surface area contributed by atoms with E-state index >= 15 is 0 Å². The molecule has 96 valence electrons. The van der Waals surface area contributed by atoms with Gasteiger partial charge in [-0.05, 0) is 30.0 Å². The highest BCUT2D eigenvalue weighted by molar-refractivity contribution is 6.21. The third-order valence-electron chi connectivity index (χ3n) is 3.50. The van der Waals surface area contributed by atoms with Crippen LogP contribution in [0.5, 0.6) is 0 Å². The highest BCUT2D eigenvalue weighted by Crippen LogP contribution is 2.36. The fourth-order valence-electron chi connectivity index (χ4n) is 2.41. The Morgan fingerprint density at radius 3 is 3.06 bits per heavy atom. The highest BCUT2D eigenvalue weighted by atomic mass is 35.5. The summed E-state index contributed by atoms with van der Waals surface area (Å²) in [5.41, 5.74) is 2.15. The van der Waals surface area contributed by atoms with Crippen LogP contribution in [0, 0.1) is 5.92 Å². The molecule has 1 saturated heterocycles. The van der Waals surface area contributed by atoms with Crippen LogP contribution in [0.25, 0.3) is 11.1 Å². The summed E-state index contributed by atoms with van der Waals surface area (Å²) in [5.74, 6) is 0.000173. The lowest BCUT2D eigenvalue weighted by atomic mass is 9.97. The Bertz CT molecular complexity index is 618. The summed E-state index contributed by atoms with van der Waals surface area (Å²) in [6, 6.07) is 5.52. The molecular formula is C13H14ClNO3. The first-order chi connectivity index (χ1) is 8.65. The number of rotatable bonds is 2. The van der Waals surface area contributed by atoms with E-state index in [9.17, 15) is 4.79 Å². The van der Waals surface area contributed by atoms with Crippen LogP contribution in [0.1, 0.15) is 24.3 Å². The molecule has 0 amide bonds. The van der Waals surface area contributed by atoms with Gasteiger partial charge in [-0.2, -0.15) is 0 Å². The molecule has 0 saturated carbocycles. The van der Waals surface area contributed by atoms with Gasteiger partial charge in [-0.15, -0.1) is 11.6 Å². The zero-order valence-corrected chi connectivity index (χ0v) is 10.7. The van der Waals surface area contributed by atoms with Crippen molar-refractivity contribution in [3.05, 3.63) is 34.3 Å². The van der Waals surface area contributed by atoms with Crippen LogP contribution in [0.3, 0.4) is 0 Å². The van der Waals surface area contributed by atoms with E-state index in [-0.39, 0.29) is 11.5 Å². The number of alkyl halides is 1. The number of aromatic amines is 1. The van der Waals surface area contributed by atoms with E-state index in [0.29, 0.717) is 17.0 Å². The molecule has 3 unspecified atom stereocenters. The lowest BCUT2D eigenvalue weighted by molar-refractivity contribution is 0.0903. The Balaban J connectivity index is 1.95. The number of hydrogen-bond acceptors (Lipinski definition) is 3. The van der Waals surface area contributed by atoms with Gasteiger partial charge >= 0.3 is 5.76 Å². The first kappa shape index (κ1) is 11.8. The second kappa shape index (κ2) is 4.44. The second-order valence-corrected chi connectivity index (χ2v) is 5.24. The van der Waals surface area contributed by atoms with Gasteiger partial charge in [0.15, 0.2) is 5.58 Å². The van der Waals surface area contributed by atoms with E-state index < -0.39 is 5.76 Å². The van der Waals surface area contributed by atoms with Crippen molar-refractivity contribution in [3.8, 4) is 0 Å². The predicted molar refractivity (Wildman–Crippen MR) is 68.9 cm³/mol. The van der Waals surface area contributed by atoms with Gasteiger partial charge in [0.05, 0.1) is 17.0 Å². The largest absolute Gasteiger partial charge is 0.417 e. The van der Waals surface area contributed by atoms with E-state index in [1.807, 2.05) is 12.1 Å². The quantitative estimate of drug-likeness (QED) is 0.852. The van der Waals surface area contributed by atoms with Gasteiger partial charge in [-0.3, -0.25) is 4.98 Å². The van der Waals surface area contributed by atoms with Crippen molar-refractivity contribution in [1.82, 2.24) is 4.98 Å². The van der Waals surface area contributed by atoms with Crippen LogP contribution in [-0.2, 0) is 4.74 Å². The third kappa shape index (κ3) is 1.95. The smallest absolute Gasteiger partial charge is 0.408 e. The van der Waals surface area contributed by atoms with Crippen molar-refractivity contribution in [2.24, 2.45) is 5.92 Å². The van der Waals surface area contributed by atoms with Gasteiger partial charge in [0.25, 0.3) is 0 Å². The minimum Gasteiger partial charge on any atom is -0.408 e. The van der Waals surface area contributed by atoms with Crippen LogP contribution < -0.4 is 5.76 Å². The minimum atomic E-state index is -0.446. The van der Waals surface area contributed by atoms with Crippen molar-refractivity contribution < 1.29 is 9.15 Å². The maximum Gasteiger partial charge on any atom is 0.417 e. The number of fused-ring (bicyclic) bond motifs is 1. The zero-order valence-electron chi connectivity index (χ0n) is 9.98. The van der Waals surface area contributed by atoms with Crippen LogP contribution in [0.15, 0.2) is 27.4 Å². The lowest BCUT2D eigenvalue weighted by Crippen LogP contribution is -2.19. The van der Waals surface area contributed by atoms with Crippen molar-refractivity contribution in [2.75, 3.05) is 6.61 Å². The molecule has 4 nitrogen and oxygen atoms in total. The van der Waals surface area contributed by atoms with Gasteiger partial charge in [0.1, 0.15) is 0 Å². The van der Waals surface area contributed by atoms with Crippen molar-refractivity contribution in [3.63, 3.8) is 0 Å². The molecule has 0 spiro atoms. The highest BCUT2D eigenvalue weighted by Gasteiger charge is 2.32. The summed E-state index contributed by atoms with van der Waals surface area (Å²) in [6.45, 7) is 2.90. The van der Waals surface area contributed by atoms with Gasteiger partial charge in [-0.1, -0.05) is 13.0 Å². The Morgan fingerprint density at radius 1 is 1.50 bits per heavy atom. The van der Waals surface area contributed by atoms with E-state index in [2.05, 4.69) is 11.9 Å². The molecule has 2 aromatic rings. The Kier molecular flexibility index (Phi) is 2.92. The molecule has 1 aliphatic heterocycles. The molecule has 3 atom stereocenters. The predicted octanol–water partition coefficient (Wildman–Crippen LogP) is 2.83. The molecule has 1 fully saturated rings. The van der Waals surface area contributed by atoms with E-state index in [0.717, 1.165) is 18.6 Å². The fraction of sp³-hybridized carbons (Fsp3) is 0.462. The molecule has 0 radical (unpaired) electrons. The van der Waals surface area contributed by atoms with Crippen LogP contribution in [0.2, 0.25) is 0 Å². The normalized spacial score (nSPS) is 25.7. The van der Waals surface area contributed by atoms with Gasteiger partial charge in [0.2, 0.25) is 0 Å². The summed E-state index contributed by atoms with van der Waals surface area (Å²) >= 11 is 6.46. The Morgan fingerprint density at radius 2 is 2.33 bits per heavy atom. The Hall–Kier alpha value is -1.26. The molecule has 1 N–H and O–H groups in total. The Labute approximate surface area is 109 Å². The number of nitrogens with one attached hydrogen (secondary N) is 1. The summed E-state index contributed by atoms with van der Waals surface area (Å²) in [6.07, 6.45) is 1.06. The minimum absolute atomic E-state index is 0.0229. The van der Waals surface area contributed by atoms with Crippen molar-refractivity contribution >= 4 is 22.7 Å². The van der Waals surface area contributed by atoms with E-state index in [4.69, 9.17) is 20.8 Å². The maximum atomic E-state index is 11.1. The van der Waals surface area contributed by atoms with Crippen molar-refractivity contribution in [2.45, 2.75) is 24.8 Å². The average Bonchev–Trinajstić information content (AvgIpc) is 2.91. The maximum absolute atomic E-state index is 11.1. The summed E-state index contributed by atoms with van der Waals surface area (Å²) in [4.78, 5) is 13.7. The number of H-pyrrole nitrogens is 1. The van der Waals surface area contributed by atoms with Crippen LogP contribution >= 0.6 is 11.6 Å². The van der Waals surface area contributed by atoms with Crippen molar-refractivity contribution in [1.29, 1.82) is 0 Å². The van der Waals surface area contributed by atoms with Gasteiger partial charge in [0, 0.05) is 6.61 Å². The molecule has 1 aromatic carbocycles. The van der Waals surface area contributed by atoms with Crippen LogP contribution in [-0.4, -0.2) is 17.7 Å². The molecule has 0 bridgehead atoms. The van der Waals surface area contributed by atoms with E-state index in [1.165, 1.54) is 0 Å². The SMILES string of the molecule is CC1CCOC1C(Cl)c1ccc2[nH]c(=O)oc2c1. The summed E-state index contributed by atoms with van der Waals surface area (Å²) < 4.78 is 10.7. The molecule has 1 aromatic heterocycles.